The van der Waals surface area contributed by atoms with Crippen molar-refractivity contribution in [1.82, 2.24) is 5.32 Å². The highest BCUT2D eigenvalue weighted by molar-refractivity contribution is 4.79. The van der Waals surface area contributed by atoms with Crippen molar-refractivity contribution in [2.75, 3.05) is 33.5 Å². The highest BCUT2D eigenvalue weighted by Crippen LogP contribution is 2.14. The highest BCUT2D eigenvalue weighted by atomic mass is 16.5. The van der Waals surface area contributed by atoms with Crippen LogP contribution < -0.4 is 5.32 Å². The van der Waals surface area contributed by atoms with Crippen LogP contribution in [-0.4, -0.2) is 39.0 Å². The van der Waals surface area contributed by atoms with Crippen LogP contribution in [0.15, 0.2) is 0 Å². The topological polar surface area (TPSA) is 30.5 Å². The molecule has 1 rings (SSSR count). The van der Waals surface area contributed by atoms with E-state index in [9.17, 15) is 0 Å². The Morgan fingerprint density at radius 1 is 1.36 bits per heavy atom. The van der Waals surface area contributed by atoms with Crippen molar-refractivity contribution in [3.05, 3.63) is 0 Å². The molecule has 1 aliphatic heterocycles. The second kappa shape index (κ2) is 5.69. The summed E-state index contributed by atoms with van der Waals surface area (Å²) < 4.78 is 10.5. The van der Waals surface area contributed by atoms with Gasteiger partial charge in [-0.05, 0) is 39.2 Å². The van der Waals surface area contributed by atoms with Crippen LogP contribution in [0.5, 0.6) is 0 Å². The summed E-state index contributed by atoms with van der Waals surface area (Å²) in [6.07, 6.45) is 2.38. The number of rotatable bonds is 5. The zero-order valence-electron chi connectivity index (χ0n) is 9.64. The summed E-state index contributed by atoms with van der Waals surface area (Å²) in [6, 6.07) is 0. The van der Waals surface area contributed by atoms with Gasteiger partial charge in [-0.3, -0.25) is 0 Å². The van der Waals surface area contributed by atoms with E-state index >= 15 is 0 Å². The van der Waals surface area contributed by atoms with Gasteiger partial charge >= 0.3 is 0 Å². The fraction of sp³-hybridized carbons (Fsp3) is 1.00. The van der Waals surface area contributed by atoms with E-state index in [1.54, 1.807) is 7.11 Å². The predicted molar refractivity (Wildman–Crippen MR) is 57.5 cm³/mol. The molecule has 0 aromatic rings. The third kappa shape index (κ3) is 4.40. The molecule has 1 N–H and O–H groups in total. The first-order valence-corrected chi connectivity index (χ1v) is 5.46. The minimum Gasteiger partial charge on any atom is -0.383 e. The van der Waals surface area contributed by atoms with Gasteiger partial charge in [0.05, 0.1) is 6.61 Å². The molecule has 3 heteroatoms. The maximum atomic E-state index is 5.33. The van der Waals surface area contributed by atoms with Gasteiger partial charge < -0.3 is 14.8 Å². The van der Waals surface area contributed by atoms with Crippen LogP contribution in [0.2, 0.25) is 0 Å². The first-order chi connectivity index (χ1) is 6.64. The third-order valence-corrected chi connectivity index (χ3v) is 2.72. The Morgan fingerprint density at radius 3 is 2.57 bits per heavy atom. The smallest absolute Gasteiger partial charge is 0.0639 e. The first-order valence-electron chi connectivity index (χ1n) is 5.46. The minimum atomic E-state index is 0.0903. The van der Waals surface area contributed by atoms with Gasteiger partial charge in [-0.25, -0.2) is 0 Å². The molecule has 0 bridgehead atoms. The van der Waals surface area contributed by atoms with Gasteiger partial charge in [0.1, 0.15) is 0 Å². The van der Waals surface area contributed by atoms with Crippen molar-refractivity contribution in [1.29, 1.82) is 0 Å². The van der Waals surface area contributed by atoms with Gasteiger partial charge in [0, 0.05) is 25.9 Å². The fourth-order valence-corrected chi connectivity index (χ4v) is 1.78. The van der Waals surface area contributed by atoms with E-state index in [1.807, 2.05) is 0 Å². The average molecular weight is 201 g/mol. The largest absolute Gasteiger partial charge is 0.383 e. The summed E-state index contributed by atoms with van der Waals surface area (Å²) in [5.41, 5.74) is 0.0903. The maximum absolute atomic E-state index is 5.33. The van der Waals surface area contributed by atoms with Crippen LogP contribution in [0.3, 0.4) is 0 Å². The molecule has 84 valence electrons. The number of hydrogen-bond donors (Lipinski definition) is 1. The lowest BCUT2D eigenvalue weighted by molar-refractivity contribution is 0.0599. The molecule has 0 atom stereocenters. The molecular formula is C11H23NO2. The van der Waals surface area contributed by atoms with Crippen LogP contribution in [0.1, 0.15) is 26.7 Å². The van der Waals surface area contributed by atoms with Crippen molar-refractivity contribution in [3.8, 4) is 0 Å². The molecule has 14 heavy (non-hydrogen) atoms. The van der Waals surface area contributed by atoms with E-state index in [2.05, 4.69) is 19.2 Å². The van der Waals surface area contributed by atoms with Gasteiger partial charge in [0.15, 0.2) is 0 Å². The quantitative estimate of drug-likeness (QED) is 0.730. The fourth-order valence-electron chi connectivity index (χ4n) is 1.78. The molecule has 1 fully saturated rings. The van der Waals surface area contributed by atoms with E-state index < -0.39 is 0 Å². The molecule has 0 aromatic carbocycles. The van der Waals surface area contributed by atoms with Crippen molar-refractivity contribution in [2.24, 2.45) is 5.92 Å². The maximum Gasteiger partial charge on any atom is 0.0639 e. The van der Waals surface area contributed by atoms with Crippen molar-refractivity contribution in [2.45, 2.75) is 32.2 Å². The number of nitrogens with one attached hydrogen (secondary N) is 1. The minimum absolute atomic E-state index is 0.0903. The Labute approximate surface area is 87.2 Å². The highest BCUT2D eigenvalue weighted by Gasteiger charge is 2.20. The van der Waals surface area contributed by atoms with Crippen molar-refractivity contribution in [3.63, 3.8) is 0 Å². The Hall–Kier alpha value is -0.120. The summed E-state index contributed by atoms with van der Waals surface area (Å²) in [6.45, 7) is 8.05. The lowest BCUT2D eigenvalue weighted by Crippen LogP contribution is -2.46. The van der Waals surface area contributed by atoms with Gasteiger partial charge in [-0.2, -0.15) is 0 Å². The molecule has 1 heterocycles. The zero-order chi connectivity index (χ0) is 10.4. The lowest BCUT2D eigenvalue weighted by Gasteiger charge is -2.30. The van der Waals surface area contributed by atoms with Crippen molar-refractivity contribution < 1.29 is 9.47 Å². The molecular weight excluding hydrogens is 178 g/mol. The molecule has 3 nitrogen and oxygen atoms in total. The molecule has 0 amide bonds. The standard InChI is InChI=1S/C11H23NO2/c1-11(2,9-13-3)12-8-10-4-6-14-7-5-10/h10,12H,4-9H2,1-3H3. The second-order valence-electron chi connectivity index (χ2n) is 4.75. The van der Waals surface area contributed by atoms with Crippen molar-refractivity contribution >= 4 is 0 Å². The van der Waals surface area contributed by atoms with Crippen LogP contribution in [-0.2, 0) is 9.47 Å². The number of hydrogen-bond acceptors (Lipinski definition) is 3. The normalized spacial score (nSPS) is 19.9. The van der Waals surface area contributed by atoms with Crippen LogP contribution in [0.25, 0.3) is 0 Å². The Bertz CT molecular complexity index is 153. The van der Waals surface area contributed by atoms with E-state index in [0.29, 0.717) is 0 Å². The first kappa shape index (κ1) is 12.0. The Morgan fingerprint density at radius 2 is 2.00 bits per heavy atom. The SMILES string of the molecule is COCC(C)(C)NCC1CCOCC1. The Balaban J connectivity index is 2.17. The van der Waals surface area contributed by atoms with E-state index in [4.69, 9.17) is 9.47 Å². The molecule has 1 aliphatic rings. The molecule has 0 saturated carbocycles. The molecule has 0 radical (unpaired) electrons. The lowest BCUT2D eigenvalue weighted by atomic mass is 9.98. The molecule has 0 unspecified atom stereocenters. The number of ether oxygens (including phenoxy) is 2. The summed E-state index contributed by atoms with van der Waals surface area (Å²) in [5.74, 6) is 0.778. The van der Waals surface area contributed by atoms with E-state index in [-0.39, 0.29) is 5.54 Å². The van der Waals surface area contributed by atoms with Crippen LogP contribution in [0, 0.1) is 5.92 Å². The van der Waals surface area contributed by atoms with E-state index in [1.165, 1.54) is 12.8 Å². The Kier molecular flexibility index (Phi) is 4.85. The summed E-state index contributed by atoms with van der Waals surface area (Å²) in [7, 11) is 1.75. The molecule has 0 aliphatic carbocycles. The molecule has 1 saturated heterocycles. The molecule has 0 aromatic heterocycles. The van der Waals surface area contributed by atoms with Gasteiger partial charge in [-0.1, -0.05) is 0 Å². The van der Waals surface area contributed by atoms with Crippen LogP contribution in [0.4, 0.5) is 0 Å². The third-order valence-electron chi connectivity index (χ3n) is 2.72. The second-order valence-corrected chi connectivity index (χ2v) is 4.75. The average Bonchev–Trinajstić information content (AvgIpc) is 2.17. The van der Waals surface area contributed by atoms with Gasteiger partial charge in [0.25, 0.3) is 0 Å². The van der Waals surface area contributed by atoms with Gasteiger partial charge in [0.2, 0.25) is 0 Å². The molecule has 0 spiro atoms. The summed E-state index contributed by atoms with van der Waals surface area (Å²) >= 11 is 0. The number of methoxy groups -OCH3 is 1. The summed E-state index contributed by atoms with van der Waals surface area (Å²) in [4.78, 5) is 0. The van der Waals surface area contributed by atoms with E-state index in [0.717, 1.165) is 32.3 Å². The monoisotopic (exact) mass is 201 g/mol. The predicted octanol–water partition coefficient (Wildman–Crippen LogP) is 1.43. The van der Waals surface area contributed by atoms with Gasteiger partial charge in [-0.15, -0.1) is 0 Å². The zero-order valence-corrected chi connectivity index (χ0v) is 9.64. The summed E-state index contributed by atoms with van der Waals surface area (Å²) in [5, 5.41) is 3.55. The van der Waals surface area contributed by atoms with Crippen LogP contribution >= 0.6 is 0 Å².